The highest BCUT2D eigenvalue weighted by molar-refractivity contribution is 5.24. The SMILES string of the molecule is OC1CC(c2ccccc2)OC2=CC=CCC21. The molecule has 0 radical (unpaired) electrons. The summed E-state index contributed by atoms with van der Waals surface area (Å²) in [5, 5.41) is 10.2. The maximum Gasteiger partial charge on any atom is 0.126 e. The molecule has 0 saturated carbocycles. The molecule has 2 nitrogen and oxygen atoms in total. The first-order chi connectivity index (χ1) is 8.34. The quantitative estimate of drug-likeness (QED) is 0.800. The van der Waals surface area contributed by atoms with Crippen LogP contribution in [0, 0.1) is 5.92 Å². The van der Waals surface area contributed by atoms with E-state index < -0.39 is 0 Å². The minimum atomic E-state index is -0.301. The van der Waals surface area contributed by atoms with Crippen molar-refractivity contribution in [3.8, 4) is 0 Å². The van der Waals surface area contributed by atoms with E-state index in [-0.39, 0.29) is 18.1 Å². The smallest absolute Gasteiger partial charge is 0.126 e. The number of hydrogen-bond donors (Lipinski definition) is 1. The Labute approximate surface area is 101 Å². The van der Waals surface area contributed by atoms with Gasteiger partial charge in [0.15, 0.2) is 0 Å². The lowest BCUT2D eigenvalue weighted by molar-refractivity contribution is -0.0377. The van der Waals surface area contributed by atoms with Gasteiger partial charge in [-0.1, -0.05) is 42.5 Å². The lowest BCUT2D eigenvalue weighted by Gasteiger charge is -2.36. The van der Waals surface area contributed by atoms with Crippen LogP contribution in [0.5, 0.6) is 0 Å². The molecule has 0 amide bonds. The maximum absolute atomic E-state index is 10.2. The molecule has 2 heteroatoms. The van der Waals surface area contributed by atoms with Crippen LogP contribution in [0.4, 0.5) is 0 Å². The van der Waals surface area contributed by atoms with Crippen LogP contribution in [-0.2, 0) is 4.74 Å². The number of aliphatic hydroxyl groups is 1. The number of aliphatic hydroxyl groups excluding tert-OH is 1. The zero-order valence-corrected chi connectivity index (χ0v) is 9.62. The highest BCUT2D eigenvalue weighted by Gasteiger charge is 2.34. The Kier molecular flexibility index (Phi) is 2.73. The zero-order valence-electron chi connectivity index (χ0n) is 9.62. The maximum atomic E-state index is 10.2. The molecule has 88 valence electrons. The third-order valence-electron chi connectivity index (χ3n) is 3.52. The molecule has 1 aliphatic heterocycles. The monoisotopic (exact) mass is 228 g/mol. The van der Waals surface area contributed by atoms with Crippen molar-refractivity contribution >= 4 is 0 Å². The van der Waals surface area contributed by atoms with Crippen molar-refractivity contribution in [1.82, 2.24) is 0 Å². The van der Waals surface area contributed by atoms with Crippen molar-refractivity contribution in [3.05, 3.63) is 59.9 Å². The molecular weight excluding hydrogens is 212 g/mol. The average Bonchev–Trinajstić information content (AvgIpc) is 2.40. The summed E-state index contributed by atoms with van der Waals surface area (Å²) in [7, 11) is 0. The van der Waals surface area contributed by atoms with Crippen molar-refractivity contribution < 1.29 is 9.84 Å². The van der Waals surface area contributed by atoms with Crippen LogP contribution in [-0.4, -0.2) is 11.2 Å². The Balaban J connectivity index is 1.85. The summed E-state index contributed by atoms with van der Waals surface area (Å²) >= 11 is 0. The molecule has 2 aliphatic rings. The molecular formula is C15H16O2. The third-order valence-corrected chi connectivity index (χ3v) is 3.52. The molecule has 0 bridgehead atoms. The molecule has 1 fully saturated rings. The molecule has 3 unspecified atom stereocenters. The Morgan fingerprint density at radius 1 is 1.18 bits per heavy atom. The first kappa shape index (κ1) is 10.6. The Bertz CT molecular complexity index is 447. The first-order valence-electron chi connectivity index (χ1n) is 6.11. The van der Waals surface area contributed by atoms with Crippen LogP contribution in [0.15, 0.2) is 54.3 Å². The van der Waals surface area contributed by atoms with E-state index in [1.165, 1.54) is 0 Å². The van der Waals surface area contributed by atoms with Gasteiger partial charge < -0.3 is 9.84 Å². The average molecular weight is 228 g/mol. The van der Waals surface area contributed by atoms with E-state index in [0.29, 0.717) is 6.42 Å². The summed E-state index contributed by atoms with van der Waals surface area (Å²) in [6.45, 7) is 0. The third kappa shape index (κ3) is 2.01. The van der Waals surface area contributed by atoms with Crippen LogP contribution < -0.4 is 0 Å². The molecule has 3 rings (SSSR count). The lowest BCUT2D eigenvalue weighted by Crippen LogP contribution is -2.32. The Morgan fingerprint density at radius 3 is 2.82 bits per heavy atom. The molecule has 0 aromatic heterocycles. The predicted octanol–water partition coefficient (Wildman–Crippen LogP) is 2.97. The van der Waals surface area contributed by atoms with Gasteiger partial charge in [0.05, 0.1) is 6.10 Å². The van der Waals surface area contributed by atoms with Crippen LogP contribution in [0.3, 0.4) is 0 Å². The van der Waals surface area contributed by atoms with Gasteiger partial charge in [-0.3, -0.25) is 0 Å². The number of benzene rings is 1. The first-order valence-corrected chi connectivity index (χ1v) is 6.11. The van der Waals surface area contributed by atoms with E-state index >= 15 is 0 Å². The van der Waals surface area contributed by atoms with Crippen molar-refractivity contribution in [2.45, 2.75) is 25.0 Å². The molecule has 1 N–H and O–H groups in total. The summed E-state index contributed by atoms with van der Waals surface area (Å²) in [5.74, 6) is 1.08. The van der Waals surface area contributed by atoms with E-state index in [4.69, 9.17) is 4.74 Å². The highest BCUT2D eigenvalue weighted by Crippen LogP contribution is 2.39. The largest absolute Gasteiger partial charge is 0.490 e. The lowest BCUT2D eigenvalue weighted by atomic mass is 9.85. The summed E-state index contributed by atoms with van der Waals surface area (Å²) in [4.78, 5) is 0. The van der Waals surface area contributed by atoms with Crippen LogP contribution in [0.2, 0.25) is 0 Å². The molecule has 1 saturated heterocycles. The topological polar surface area (TPSA) is 29.5 Å². The summed E-state index contributed by atoms with van der Waals surface area (Å²) in [6.07, 6.45) is 7.32. The van der Waals surface area contributed by atoms with Crippen molar-refractivity contribution in [2.75, 3.05) is 0 Å². The molecule has 1 aliphatic carbocycles. The van der Waals surface area contributed by atoms with E-state index in [1.807, 2.05) is 30.4 Å². The van der Waals surface area contributed by atoms with Crippen LogP contribution >= 0.6 is 0 Å². The number of ether oxygens (including phenoxy) is 1. The molecule has 1 heterocycles. The Hall–Kier alpha value is -1.54. The van der Waals surface area contributed by atoms with E-state index in [1.54, 1.807) is 0 Å². The van der Waals surface area contributed by atoms with Crippen LogP contribution in [0.25, 0.3) is 0 Å². The van der Waals surface area contributed by atoms with Crippen molar-refractivity contribution in [1.29, 1.82) is 0 Å². The van der Waals surface area contributed by atoms with Gasteiger partial charge in [-0.05, 0) is 18.1 Å². The van der Waals surface area contributed by atoms with Gasteiger partial charge >= 0.3 is 0 Å². The predicted molar refractivity (Wildman–Crippen MR) is 66.2 cm³/mol. The van der Waals surface area contributed by atoms with E-state index in [9.17, 15) is 5.11 Å². The van der Waals surface area contributed by atoms with Gasteiger partial charge in [0.2, 0.25) is 0 Å². The molecule has 1 aromatic carbocycles. The Morgan fingerprint density at radius 2 is 2.00 bits per heavy atom. The highest BCUT2D eigenvalue weighted by atomic mass is 16.5. The standard InChI is InChI=1S/C15H16O2/c16-13-10-15(11-6-2-1-3-7-11)17-14-9-5-4-8-12(13)14/h1-7,9,12-13,15-16H,8,10H2. The number of fused-ring (bicyclic) bond motifs is 1. The van der Waals surface area contributed by atoms with E-state index in [0.717, 1.165) is 17.7 Å². The van der Waals surface area contributed by atoms with Crippen molar-refractivity contribution in [2.24, 2.45) is 5.92 Å². The molecule has 3 atom stereocenters. The second-order valence-corrected chi connectivity index (χ2v) is 4.66. The normalized spacial score (nSPS) is 31.4. The van der Waals surface area contributed by atoms with Gasteiger partial charge in [-0.25, -0.2) is 0 Å². The second-order valence-electron chi connectivity index (χ2n) is 4.66. The van der Waals surface area contributed by atoms with Gasteiger partial charge in [-0.15, -0.1) is 0 Å². The number of rotatable bonds is 1. The fourth-order valence-corrected chi connectivity index (χ4v) is 2.57. The fourth-order valence-electron chi connectivity index (χ4n) is 2.57. The minimum Gasteiger partial charge on any atom is -0.490 e. The van der Waals surface area contributed by atoms with Gasteiger partial charge in [0, 0.05) is 12.3 Å². The number of hydrogen-bond acceptors (Lipinski definition) is 2. The van der Waals surface area contributed by atoms with Gasteiger partial charge in [0.1, 0.15) is 11.9 Å². The van der Waals surface area contributed by atoms with Crippen LogP contribution in [0.1, 0.15) is 24.5 Å². The van der Waals surface area contributed by atoms with Gasteiger partial charge in [-0.2, -0.15) is 0 Å². The molecule has 17 heavy (non-hydrogen) atoms. The molecule has 0 spiro atoms. The van der Waals surface area contributed by atoms with Gasteiger partial charge in [0.25, 0.3) is 0 Å². The fraction of sp³-hybridized carbons (Fsp3) is 0.333. The van der Waals surface area contributed by atoms with Crippen molar-refractivity contribution in [3.63, 3.8) is 0 Å². The summed E-state index contributed by atoms with van der Waals surface area (Å²) in [6, 6.07) is 10.1. The number of allylic oxidation sites excluding steroid dienone is 3. The summed E-state index contributed by atoms with van der Waals surface area (Å²) < 4.78 is 6.00. The van der Waals surface area contributed by atoms with E-state index in [2.05, 4.69) is 18.2 Å². The summed E-state index contributed by atoms with van der Waals surface area (Å²) in [5.41, 5.74) is 1.14. The zero-order chi connectivity index (χ0) is 11.7. The second kappa shape index (κ2) is 4.38. The molecule has 1 aromatic rings. The minimum absolute atomic E-state index is 0.0137.